The molecule has 0 aliphatic heterocycles. The van der Waals surface area contributed by atoms with Gasteiger partial charge >= 0.3 is 6.18 Å². The molecule has 1 fully saturated rings. The zero-order chi connectivity index (χ0) is 16.5. The Labute approximate surface area is 126 Å². The lowest BCUT2D eigenvalue weighted by molar-refractivity contribution is -0.137. The van der Waals surface area contributed by atoms with Crippen LogP contribution in [0.5, 0.6) is 0 Å². The molecule has 9 heteroatoms. The summed E-state index contributed by atoms with van der Waals surface area (Å²) in [6, 6.07) is 4.32. The molecule has 122 valence electrons. The average Bonchev–Trinajstić information content (AvgIpc) is 3.18. The van der Waals surface area contributed by atoms with E-state index < -0.39 is 34.2 Å². The molecule has 1 saturated carbocycles. The number of rotatable bonds is 5. The summed E-state index contributed by atoms with van der Waals surface area (Å²) >= 11 is 0. The van der Waals surface area contributed by atoms with Crippen molar-refractivity contribution < 1.29 is 26.4 Å². The monoisotopic (exact) mass is 336 g/mol. The fraction of sp³-hybridized carbons (Fsp3) is 0.462. The van der Waals surface area contributed by atoms with Gasteiger partial charge in [0.2, 0.25) is 15.9 Å². The molecule has 0 radical (unpaired) electrons. The van der Waals surface area contributed by atoms with Gasteiger partial charge in [0, 0.05) is 6.04 Å². The fourth-order valence-corrected chi connectivity index (χ4v) is 3.15. The van der Waals surface area contributed by atoms with E-state index in [2.05, 4.69) is 5.32 Å². The minimum atomic E-state index is -4.60. The number of halogens is 3. The first-order valence-corrected chi connectivity index (χ1v) is 8.37. The highest BCUT2D eigenvalue weighted by atomic mass is 32.2. The van der Waals surface area contributed by atoms with Crippen molar-refractivity contribution in [1.29, 1.82) is 0 Å². The van der Waals surface area contributed by atoms with Gasteiger partial charge in [-0.05, 0) is 25.0 Å². The summed E-state index contributed by atoms with van der Waals surface area (Å²) < 4.78 is 62.7. The minimum absolute atomic E-state index is 0.237. The van der Waals surface area contributed by atoms with Crippen LogP contribution >= 0.6 is 0 Å². The van der Waals surface area contributed by atoms with E-state index in [1.54, 1.807) is 0 Å². The molecule has 1 amide bonds. The summed E-state index contributed by atoms with van der Waals surface area (Å²) in [6.45, 7) is -0.490. The van der Waals surface area contributed by atoms with Gasteiger partial charge in [0.25, 0.3) is 0 Å². The quantitative estimate of drug-likeness (QED) is 0.895. The van der Waals surface area contributed by atoms with Gasteiger partial charge < -0.3 is 5.32 Å². The molecule has 0 heterocycles. The highest BCUT2D eigenvalue weighted by Gasteiger charge is 2.37. The van der Waals surface area contributed by atoms with E-state index in [1.807, 2.05) is 0 Å². The summed E-state index contributed by atoms with van der Waals surface area (Å²) in [4.78, 5) is 11.9. The number of carbonyl (C=O) groups is 1. The number of carbonyl (C=O) groups excluding carboxylic acids is 1. The first-order valence-electron chi connectivity index (χ1n) is 6.52. The van der Waals surface area contributed by atoms with Crippen LogP contribution in [0.15, 0.2) is 24.3 Å². The molecule has 0 aromatic heterocycles. The second-order valence-corrected chi connectivity index (χ2v) is 7.07. The Morgan fingerprint density at radius 2 is 1.91 bits per heavy atom. The number of hydrogen-bond acceptors (Lipinski definition) is 3. The maximum absolute atomic E-state index is 12.8. The Kier molecular flexibility index (Phi) is 4.48. The van der Waals surface area contributed by atoms with Crippen LogP contribution in [-0.2, 0) is 21.0 Å². The van der Waals surface area contributed by atoms with E-state index in [9.17, 15) is 26.4 Å². The molecule has 0 bridgehead atoms. The summed E-state index contributed by atoms with van der Waals surface area (Å²) in [5, 5.41) is 2.14. The summed E-state index contributed by atoms with van der Waals surface area (Å²) in [7, 11) is -3.58. The van der Waals surface area contributed by atoms with Crippen LogP contribution in [0.2, 0.25) is 0 Å². The lowest BCUT2D eigenvalue weighted by Gasteiger charge is -2.19. The van der Waals surface area contributed by atoms with Crippen LogP contribution in [0.4, 0.5) is 18.9 Å². The standard InChI is InChI=1S/C13H15F3N2O3S/c1-22(20,21)18(9-6-7-9)8-12(19)17-11-5-3-2-4-10(11)13(14,15)16/h2-5,9H,6-8H2,1H3,(H,17,19). The van der Waals surface area contributed by atoms with Crippen LogP contribution < -0.4 is 5.32 Å². The molecular formula is C13H15F3N2O3S. The van der Waals surface area contributed by atoms with E-state index in [0.717, 1.165) is 22.7 Å². The third-order valence-electron chi connectivity index (χ3n) is 3.19. The molecule has 0 unspecified atom stereocenters. The van der Waals surface area contributed by atoms with Crippen LogP contribution in [0.3, 0.4) is 0 Å². The minimum Gasteiger partial charge on any atom is -0.324 e. The van der Waals surface area contributed by atoms with Gasteiger partial charge in [-0.1, -0.05) is 12.1 Å². The van der Waals surface area contributed by atoms with Gasteiger partial charge in [-0.25, -0.2) is 8.42 Å². The molecular weight excluding hydrogens is 321 g/mol. The average molecular weight is 336 g/mol. The second kappa shape index (κ2) is 5.88. The molecule has 1 aliphatic rings. The van der Waals surface area contributed by atoms with Gasteiger partial charge in [0.05, 0.1) is 24.1 Å². The summed E-state index contributed by atoms with van der Waals surface area (Å²) in [6.07, 6.45) is -2.32. The Morgan fingerprint density at radius 3 is 2.41 bits per heavy atom. The number of alkyl halides is 3. The molecule has 1 aromatic rings. The van der Waals surface area contributed by atoms with Crippen molar-refractivity contribution in [3.8, 4) is 0 Å². The third-order valence-corrected chi connectivity index (χ3v) is 4.47. The lowest BCUT2D eigenvalue weighted by atomic mass is 10.1. The number of hydrogen-bond donors (Lipinski definition) is 1. The molecule has 1 N–H and O–H groups in total. The molecule has 1 aliphatic carbocycles. The normalized spacial score (nSPS) is 15.9. The summed E-state index contributed by atoms with van der Waals surface area (Å²) in [5.41, 5.74) is -1.36. The molecule has 0 saturated heterocycles. The van der Waals surface area contributed by atoms with E-state index in [1.165, 1.54) is 12.1 Å². The Balaban J connectivity index is 2.13. The maximum atomic E-state index is 12.8. The molecule has 0 atom stereocenters. The fourth-order valence-electron chi connectivity index (χ4n) is 2.05. The van der Waals surface area contributed by atoms with E-state index >= 15 is 0 Å². The zero-order valence-electron chi connectivity index (χ0n) is 11.7. The van der Waals surface area contributed by atoms with Gasteiger partial charge in [0.15, 0.2) is 0 Å². The van der Waals surface area contributed by atoms with Crippen LogP contribution in [0, 0.1) is 0 Å². The van der Waals surface area contributed by atoms with Gasteiger partial charge in [-0.2, -0.15) is 17.5 Å². The second-order valence-electron chi connectivity index (χ2n) is 5.13. The third kappa shape index (κ3) is 4.20. The SMILES string of the molecule is CS(=O)(=O)N(CC(=O)Nc1ccccc1C(F)(F)F)C1CC1. The number of nitrogens with one attached hydrogen (secondary N) is 1. The Bertz CT molecular complexity index is 669. The number of amides is 1. The highest BCUT2D eigenvalue weighted by molar-refractivity contribution is 7.88. The van der Waals surface area contributed by atoms with Crippen LogP contribution in [-0.4, -0.2) is 37.5 Å². The van der Waals surface area contributed by atoms with Crippen LogP contribution in [0.1, 0.15) is 18.4 Å². The van der Waals surface area contributed by atoms with Crippen molar-refractivity contribution in [3.05, 3.63) is 29.8 Å². The van der Waals surface area contributed by atoms with Crippen molar-refractivity contribution in [2.75, 3.05) is 18.1 Å². The first-order chi connectivity index (χ1) is 10.1. The molecule has 1 aromatic carbocycles. The Morgan fingerprint density at radius 1 is 1.32 bits per heavy atom. The molecule has 5 nitrogen and oxygen atoms in total. The van der Waals surface area contributed by atoms with E-state index in [-0.39, 0.29) is 11.7 Å². The van der Waals surface area contributed by atoms with E-state index in [4.69, 9.17) is 0 Å². The molecule has 22 heavy (non-hydrogen) atoms. The van der Waals surface area contributed by atoms with E-state index in [0.29, 0.717) is 12.8 Å². The molecule has 0 spiro atoms. The predicted octanol–water partition coefficient (Wildman–Crippen LogP) is 2.07. The molecule has 2 rings (SSSR count). The smallest absolute Gasteiger partial charge is 0.324 e. The van der Waals surface area contributed by atoms with Crippen molar-refractivity contribution in [2.24, 2.45) is 0 Å². The highest BCUT2D eigenvalue weighted by Crippen LogP contribution is 2.34. The van der Waals surface area contributed by atoms with Crippen molar-refractivity contribution in [2.45, 2.75) is 25.1 Å². The number of sulfonamides is 1. The number of nitrogens with zero attached hydrogens (tertiary/aromatic N) is 1. The zero-order valence-corrected chi connectivity index (χ0v) is 12.5. The van der Waals surface area contributed by atoms with Crippen molar-refractivity contribution >= 4 is 21.6 Å². The predicted molar refractivity (Wildman–Crippen MR) is 74.6 cm³/mol. The number of para-hydroxylation sites is 1. The van der Waals surface area contributed by atoms with Crippen molar-refractivity contribution in [1.82, 2.24) is 4.31 Å². The topological polar surface area (TPSA) is 66.5 Å². The summed E-state index contributed by atoms with van der Waals surface area (Å²) in [5.74, 6) is -0.797. The van der Waals surface area contributed by atoms with Gasteiger partial charge in [-0.15, -0.1) is 0 Å². The first kappa shape index (κ1) is 16.8. The number of benzene rings is 1. The van der Waals surface area contributed by atoms with Crippen molar-refractivity contribution in [3.63, 3.8) is 0 Å². The lowest BCUT2D eigenvalue weighted by Crippen LogP contribution is -2.39. The van der Waals surface area contributed by atoms with Gasteiger partial charge in [0.1, 0.15) is 0 Å². The largest absolute Gasteiger partial charge is 0.418 e. The van der Waals surface area contributed by atoms with Crippen LogP contribution in [0.25, 0.3) is 0 Å². The van der Waals surface area contributed by atoms with Gasteiger partial charge in [-0.3, -0.25) is 4.79 Å². The Hall–Kier alpha value is -1.61. The number of anilines is 1. The maximum Gasteiger partial charge on any atom is 0.418 e.